The van der Waals surface area contributed by atoms with E-state index < -0.39 is 0 Å². The third kappa shape index (κ3) is 5.94. The van der Waals surface area contributed by atoms with Crippen LogP contribution < -0.4 is 5.73 Å². The predicted octanol–water partition coefficient (Wildman–Crippen LogP) is 1.27. The van der Waals surface area contributed by atoms with Crippen LogP contribution in [0.2, 0.25) is 0 Å². The second kappa shape index (κ2) is 4.11. The van der Waals surface area contributed by atoms with E-state index in [2.05, 4.69) is 27.6 Å². The molecule has 0 rings (SSSR count). The summed E-state index contributed by atoms with van der Waals surface area (Å²) < 4.78 is 1.80. The van der Waals surface area contributed by atoms with E-state index in [9.17, 15) is 0 Å². The Bertz CT molecular complexity index is 91.9. The molecule has 0 bridgehead atoms. The van der Waals surface area contributed by atoms with Crippen LogP contribution in [0.3, 0.4) is 0 Å². The highest BCUT2D eigenvalue weighted by Crippen LogP contribution is 1.82. The van der Waals surface area contributed by atoms with Crippen LogP contribution in [-0.4, -0.2) is 5.84 Å². The molecule has 2 nitrogen and oxygen atoms in total. The fourth-order valence-electron chi connectivity index (χ4n) is 0.146. The number of nitrogens with zero attached hydrogens (tertiary/aromatic N) is 1. The van der Waals surface area contributed by atoms with E-state index in [-0.39, 0.29) is 0 Å². The van der Waals surface area contributed by atoms with Gasteiger partial charge in [0, 0.05) is 6.20 Å². The summed E-state index contributed by atoms with van der Waals surface area (Å²) in [6.07, 6.45) is 1.65. The van der Waals surface area contributed by atoms with Crippen molar-refractivity contribution in [3.63, 3.8) is 0 Å². The summed E-state index contributed by atoms with van der Waals surface area (Å²) in [5.74, 6) is 0.591. The maximum atomic E-state index is 5.17. The lowest BCUT2D eigenvalue weighted by Crippen LogP contribution is -2.03. The second-order valence-electron chi connectivity index (χ2n) is 1.05. The number of aliphatic imine (C=N–C) groups is 1. The van der Waals surface area contributed by atoms with Crippen molar-refractivity contribution in [1.82, 2.24) is 0 Å². The third-order valence-corrected chi connectivity index (χ3v) is 0.656. The SMILES string of the molecule is C/C(N)=N/C=C\I. The number of hydrogen-bond acceptors (Lipinski definition) is 1. The van der Waals surface area contributed by atoms with Crippen molar-refractivity contribution in [2.75, 3.05) is 0 Å². The van der Waals surface area contributed by atoms with E-state index in [1.54, 1.807) is 17.2 Å². The fourth-order valence-corrected chi connectivity index (χ4v) is 0.307. The molecule has 0 atom stereocenters. The molecular formula is C4H7IN2. The molecule has 0 aliphatic rings. The summed E-state index contributed by atoms with van der Waals surface area (Å²) >= 11 is 2.08. The van der Waals surface area contributed by atoms with Gasteiger partial charge in [0.15, 0.2) is 0 Å². The molecule has 0 amide bonds. The van der Waals surface area contributed by atoms with E-state index in [1.807, 2.05) is 0 Å². The molecule has 0 spiro atoms. The number of hydrogen-bond donors (Lipinski definition) is 1. The minimum absolute atomic E-state index is 0.591. The highest BCUT2D eigenvalue weighted by Gasteiger charge is 1.66. The van der Waals surface area contributed by atoms with Crippen molar-refractivity contribution < 1.29 is 0 Å². The Morgan fingerprint density at radius 2 is 2.43 bits per heavy atom. The molecule has 0 saturated carbocycles. The smallest absolute Gasteiger partial charge is 0.0957 e. The zero-order valence-corrected chi connectivity index (χ0v) is 6.21. The van der Waals surface area contributed by atoms with Crippen molar-refractivity contribution in [2.24, 2.45) is 10.7 Å². The normalized spacial score (nSPS) is 13.1. The number of amidine groups is 1. The summed E-state index contributed by atoms with van der Waals surface area (Å²) in [4.78, 5) is 3.75. The van der Waals surface area contributed by atoms with Crippen LogP contribution in [0.5, 0.6) is 0 Å². The first-order valence-electron chi connectivity index (χ1n) is 1.82. The molecule has 0 heterocycles. The van der Waals surface area contributed by atoms with Gasteiger partial charge in [0.25, 0.3) is 0 Å². The van der Waals surface area contributed by atoms with Crippen molar-refractivity contribution in [3.05, 3.63) is 10.3 Å². The van der Waals surface area contributed by atoms with Crippen LogP contribution in [0.15, 0.2) is 15.3 Å². The molecule has 0 aromatic rings. The van der Waals surface area contributed by atoms with Gasteiger partial charge in [0.1, 0.15) is 0 Å². The van der Waals surface area contributed by atoms with Gasteiger partial charge in [-0.05, 0) is 11.0 Å². The summed E-state index contributed by atoms with van der Waals surface area (Å²) in [6, 6.07) is 0. The Labute approximate surface area is 56.6 Å². The first-order valence-corrected chi connectivity index (χ1v) is 3.07. The molecule has 3 heteroatoms. The molecule has 0 saturated heterocycles. The van der Waals surface area contributed by atoms with Crippen LogP contribution >= 0.6 is 22.6 Å². The van der Waals surface area contributed by atoms with Gasteiger partial charge in [0.2, 0.25) is 0 Å². The van der Waals surface area contributed by atoms with E-state index in [4.69, 9.17) is 5.73 Å². The molecule has 2 N–H and O–H groups in total. The summed E-state index contributed by atoms with van der Waals surface area (Å²) in [5.41, 5.74) is 5.17. The lowest BCUT2D eigenvalue weighted by molar-refractivity contribution is 1.48. The number of rotatable bonds is 1. The Balaban J connectivity index is 3.46. The lowest BCUT2D eigenvalue weighted by atomic mass is 10.7. The van der Waals surface area contributed by atoms with Gasteiger partial charge in [-0.3, -0.25) is 0 Å². The average Bonchev–Trinajstić information content (AvgIpc) is 1.61. The van der Waals surface area contributed by atoms with Gasteiger partial charge in [-0.15, -0.1) is 0 Å². The molecule has 0 aromatic heterocycles. The van der Waals surface area contributed by atoms with Gasteiger partial charge in [0.05, 0.1) is 5.84 Å². The predicted molar refractivity (Wildman–Crippen MR) is 40.5 cm³/mol. The summed E-state index contributed by atoms with van der Waals surface area (Å²) in [7, 11) is 0. The average molecular weight is 210 g/mol. The highest BCUT2D eigenvalue weighted by atomic mass is 127. The zero-order valence-electron chi connectivity index (χ0n) is 4.06. The molecule has 0 fully saturated rings. The third-order valence-electron chi connectivity index (χ3n) is 0.335. The van der Waals surface area contributed by atoms with Gasteiger partial charge < -0.3 is 5.73 Å². The topological polar surface area (TPSA) is 38.4 Å². The molecule has 0 unspecified atom stereocenters. The Morgan fingerprint density at radius 1 is 1.86 bits per heavy atom. The van der Waals surface area contributed by atoms with Crippen LogP contribution in [0.4, 0.5) is 0 Å². The molecule has 0 radical (unpaired) electrons. The molecule has 0 aromatic carbocycles. The van der Waals surface area contributed by atoms with Crippen molar-refractivity contribution in [1.29, 1.82) is 0 Å². The van der Waals surface area contributed by atoms with Crippen molar-refractivity contribution in [2.45, 2.75) is 6.92 Å². The van der Waals surface area contributed by atoms with Gasteiger partial charge in [-0.25, -0.2) is 4.99 Å². The van der Waals surface area contributed by atoms with E-state index >= 15 is 0 Å². The van der Waals surface area contributed by atoms with E-state index in [1.165, 1.54) is 0 Å². The minimum atomic E-state index is 0.591. The summed E-state index contributed by atoms with van der Waals surface area (Å²) in [5, 5.41) is 0. The largest absolute Gasteiger partial charge is 0.387 e. The fraction of sp³-hybridized carbons (Fsp3) is 0.250. The zero-order chi connectivity index (χ0) is 5.70. The summed E-state index contributed by atoms with van der Waals surface area (Å²) in [6.45, 7) is 1.75. The van der Waals surface area contributed by atoms with Crippen molar-refractivity contribution >= 4 is 28.4 Å². The lowest BCUT2D eigenvalue weighted by Gasteiger charge is -1.78. The van der Waals surface area contributed by atoms with E-state index in [0.29, 0.717) is 5.84 Å². The number of nitrogens with two attached hydrogens (primary N) is 1. The van der Waals surface area contributed by atoms with Crippen molar-refractivity contribution in [3.8, 4) is 0 Å². The van der Waals surface area contributed by atoms with Crippen LogP contribution in [0, 0.1) is 0 Å². The van der Waals surface area contributed by atoms with Gasteiger partial charge in [-0.1, -0.05) is 22.6 Å². The van der Waals surface area contributed by atoms with Crippen LogP contribution in [0.25, 0.3) is 0 Å². The van der Waals surface area contributed by atoms with Gasteiger partial charge in [-0.2, -0.15) is 0 Å². The Morgan fingerprint density at radius 3 is 2.57 bits per heavy atom. The van der Waals surface area contributed by atoms with Gasteiger partial charge >= 0.3 is 0 Å². The molecule has 0 aliphatic carbocycles. The van der Waals surface area contributed by atoms with Crippen LogP contribution in [0.1, 0.15) is 6.92 Å². The minimum Gasteiger partial charge on any atom is -0.387 e. The quantitative estimate of drug-likeness (QED) is 0.395. The molecule has 40 valence electrons. The first-order chi connectivity index (χ1) is 3.27. The maximum absolute atomic E-state index is 5.17. The highest BCUT2D eigenvalue weighted by molar-refractivity contribution is 14.1. The molecule has 0 aliphatic heterocycles. The number of halogens is 1. The standard InChI is InChI=1S/C4H7IN2/c1-4(6)7-3-2-5/h2-3H,1H3,(H2,6,7)/b3-2-. The molecular weight excluding hydrogens is 203 g/mol. The van der Waals surface area contributed by atoms with E-state index in [0.717, 1.165) is 0 Å². The second-order valence-corrected chi connectivity index (χ2v) is 1.76. The Kier molecular flexibility index (Phi) is 4.07. The molecule has 7 heavy (non-hydrogen) atoms. The monoisotopic (exact) mass is 210 g/mol. The maximum Gasteiger partial charge on any atom is 0.0957 e. The van der Waals surface area contributed by atoms with Crippen LogP contribution in [-0.2, 0) is 0 Å². The first kappa shape index (κ1) is 6.94. The Hall–Kier alpha value is -0.0600.